The van der Waals surface area contributed by atoms with E-state index in [1.807, 2.05) is 26.1 Å². The van der Waals surface area contributed by atoms with Gasteiger partial charge in [-0.1, -0.05) is 11.2 Å². The number of nitrogen functional groups attached to an aromatic ring is 1. The van der Waals surface area contributed by atoms with Crippen molar-refractivity contribution in [1.29, 1.82) is 0 Å². The average Bonchev–Trinajstić information content (AvgIpc) is 3.13. The molecule has 0 saturated heterocycles. The third-order valence-electron chi connectivity index (χ3n) is 4.62. The zero-order valence-electron chi connectivity index (χ0n) is 16.0. The van der Waals surface area contributed by atoms with Gasteiger partial charge in [-0.25, -0.2) is 9.97 Å². The number of hydrogen-bond acceptors (Lipinski definition) is 9. The topological polar surface area (TPSA) is 126 Å². The number of benzene rings is 1. The summed E-state index contributed by atoms with van der Waals surface area (Å²) in [6.45, 7) is 3.73. The summed E-state index contributed by atoms with van der Waals surface area (Å²) in [4.78, 5) is 23.9. The van der Waals surface area contributed by atoms with Crippen molar-refractivity contribution < 1.29 is 14.7 Å². The second-order valence-electron chi connectivity index (χ2n) is 6.52. The minimum atomic E-state index is -0.201. The number of fused-ring (bicyclic) bond motifs is 2. The molecule has 2 aromatic heterocycles. The average molecular weight is 412 g/mol. The second kappa shape index (κ2) is 7.55. The Morgan fingerprint density at radius 3 is 3.00 bits per heavy atom. The molecule has 29 heavy (non-hydrogen) atoms. The molecule has 0 radical (unpaired) electrons. The lowest BCUT2D eigenvalue weighted by Crippen LogP contribution is -2.28. The van der Waals surface area contributed by atoms with Crippen molar-refractivity contribution in [3.63, 3.8) is 0 Å². The highest BCUT2D eigenvalue weighted by molar-refractivity contribution is 7.20. The number of carbonyl (C=O) groups is 1. The van der Waals surface area contributed by atoms with E-state index in [9.17, 15) is 10.0 Å². The van der Waals surface area contributed by atoms with E-state index >= 15 is 0 Å². The van der Waals surface area contributed by atoms with Gasteiger partial charge < -0.3 is 25.9 Å². The summed E-state index contributed by atoms with van der Waals surface area (Å²) < 4.78 is 5.75. The molecule has 4 rings (SSSR count). The SMILES string of the molecule is CCNC(=O)c1cc2c(C(=NO)c3ccc4c(c3)OCCN4C)nc(N)nc2s1. The first-order valence-electron chi connectivity index (χ1n) is 9.07. The van der Waals surface area contributed by atoms with Gasteiger partial charge in [0.2, 0.25) is 5.95 Å². The van der Waals surface area contributed by atoms with Crippen molar-refractivity contribution in [2.45, 2.75) is 6.92 Å². The highest BCUT2D eigenvalue weighted by atomic mass is 32.1. The number of thiophene rings is 1. The Labute approximate surface area is 170 Å². The maximum absolute atomic E-state index is 12.2. The number of ether oxygens (including phenoxy) is 1. The first-order chi connectivity index (χ1) is 14.0. The molecule has 0 bridgehead atoms. The van der Waals surface area contributed by atoms with Crippen molar-refractivity contribution in [1.82, 2.24) is 15.3 Å². The summed E-state index contributed by atoms with van der Waals surface area (Å²) in [5.74, 6) is 0.531. The molecule has 1 aliphatic heterocycles. The second-order valence-corrected chi connectivity index (χ2v) is 7.55. The van der Waals surface area contributed by atoms with Gasteiger partial charge in [0.05, 0.1) is 17.1 Å². The Balaban J connectivity index is 1.83. The lowest BCUT2D eigenvalue weighted by atomic mass is 10.0. The minimum absolute atomic E-state index is 0.0342. The van der Waals surface area contributed by atoms with E-state index in [2.05, 4.69) is 25.3 Å². The summed E-state index contributed by atoms with van der Waals surface area (Å²) in [7, 11) is 1.99. The molecule has 0 fully saturated rings. The Morgan fingerprint density at radius 2 is 2.24 bits per heavy atom. The minimum Gasteiger partial charge on any atom is -0.490 e. The number of amides is 1. The summed E-state index contributed by atoms with van der Waals surface area (Å²) in [6.07, 6.45) is 0. The summed E-state index contributed by atoms with van der Waals surface area (Å²) >= 11 is 1.21. The van der Waals surface area contributed by atoms with Crippen molar-refractivity contribution in [3.05, 3.63) is 40.4 Å². The van der Waals surface area contributed by atoms with Crippen LogP contribution in [0.3, 0.4) is 0 Å². The number of carbonyl (C=O) groups excluding carboxylic acids is 1. The number of hydrogen-bond donors (Lipinski definition) is 3. The molecule has 3 heterocycles. The van der Waals surface area contributed by atoms with Crippen LogP contribution in [-0.2, 0) is 0 Å². The molecule has 1 aromatic carbocycles. The number of nitrogens with two attached hydrogens (primary N) is 1. The van der Waals surface area contributed by atoms with Gasteiger partial charge in [0.1, 0.15) is 28.6 Å². The number of oxime groups is 1. The number of anilines is 2. The normalized spacial score (nSPS) is 13.9. The molecule has 0 aliphatic carbocycles. The van der Waals surface area contributed by atoms with Crippen LogP contribution in [0.25, 0.3) is 10.2 Å². The molecule has 0 saturated carbocycles. The van der Waals surface area contributed by atoms with Crippen LogP contribution in [0.15, 0.2) is 29.4 Å². The zero-order valence-corrected chi connectivity index (χ0v) is 16.8. The Kier molecular flexibility index (Phi) is 4.93. The van der Waals surface area contributed by atoms with E-state index in [0.717, 1.165) is 12.2 Å². The van der Waals surface area contributed by atoms with Crippen LogP contribution in [-0.4, -0.2) is 53.5 Å². The highest BCUT2D eigenvalue weighted by Gasteiger charge is 2.22. The summed E-state index contributed by atoms with van der Waals surface area (Å²) in [5.41, 5.74) is 8.04. The fourth-order valence-corrected chi connectivity index (χ4v) is 4.18. The van der Waals surface area contributed by atoms with Crippen LogP contribution >= 0.6 is 11.3 Å². The van der Waals surface area contributed by atoms with Crippen LogP contribution in [0.2, 0.25) is 0 Å². The first-order valence-corrected chi connectivity index (χ1v) is 9.89. The molecule has 1 amide bonds. The standard InChI is InChI=1S/C19H20N6O3S/c1-3-21-17(26)14-9-11-16(22-19(20)23-18(11)29-14)15(24-27)10-4-5-12-13(8-10)28-7-6-25(12)2/h4-5,8-9,27H,3,6-7H2,1-2H3,(H,21,26)(H2,20,22,23). The van der Waals surface area contributed by atoms with Crippen LogP contribution in [0.4, 0.5) is 11.6 Å². The van der Waals surface area contributed by atoms with Crippen LogP contribution in [0.1, 0.15) is 27.9 Å². The highest BCUT2D eigenvalue weighted by Crippen LogP contribution is 2.33. The molecule has 1 aliphatic rings. The first kappa shape index (κ1) is 18.9. The Morgan fingerprint density at radius 1 is 1.41 bits per heavy atom. The molecular formula is C19H20N6O3S. The predicted octanol–water partition coefficient (Wildman–Crippen LogP) is 2.08. The van der Waals surface area contributed by atoms with Crippen molar-refractivity contribution in [2.75, 3.05) is 37.4 Å². The Hall–Kier alpha value is -3.40. The number of rotatable bonds is 4. The fraction of sp³-hybridized carbons (Fsp3) is 0.263. The third kappa shape index (κ3) is 3.42. The molecule has 0 atom stereocenters. The molecule has 3 aromatic rings. The van der Waals surface area contributed by atoms with Gasteiger partial charge in [0, 0.05) is 24.5 Å². The van der Waals surface area contributed by atoms with E-state index in [1.165, 1.54) is 11.3 Å². The van der Waals surface area contributed by atoms with Gasteiger partial charge in [-0.15, -0.1) is 11.3 Å². The number of nitrogens with one attached hydrogen (secondary N) is 1. The van der Waals surface area contributed by atoms with Gasteiger partial charge in [0.25, 0.3) is 5.91 Å². The van der Waals surface area contributed by atoms with Crippen LogP contribution in [0, 0.1) is 0 Å². The maximum Gasteiger partial charge on any atom is 0.261 e. The third-order valence-corrected chi connectivity index (χ3v) is 5.65. The molecule has 10 heteroatoms. The molecule has 9 nitrogen and oxygen atoms in total. The Bertz CT molecular complexity index is 1130. The van der Waals surface area contributed by atoms with Crippen molar-refractivity contribution in [2.24, 2.45) is 5.16 Å². The van der Waals surface area contributed by atoms with Crippen molar-refractivity contribution in [3.8, 4) is 5.75 Å². The lowest BCUT2D eigenvalue weighted by molar-refractivity contribution is 0.0960. The smallest absolute Gasteiger partial charge is 0.261 e. The quantitative estimate of drug-likeness (QED) is 0.340. The summed E-state index contributed by atoms with van der Waals surface area (Å²) in [6, 6.07) is 7.24. The molecule has 0 spiro atoms. The van der Waals surface area contributed by atoms with E-state index in [4.69, 9.17) is 10.5 Å². The van der Waals surface area contributed by atoms with Crippen molar-refractivity contribution >= 4 is 44.8 Å². The molecule has 150 valence electrons. The number of nitrogens with zero attached hydrogens (tertiary/aromatic N) is 4. The van der Waals surface area contributed by atoms with Gasteiger partial charge >= 0.3 is 0 Å². The maximum atomic E-state index is 12.2. The van der Waals surface area contributed by atoms with E-state index in [1.54, 1.807) is 12.1 Å². The van der Waals surface area contributed by atoms with E-state index in [-0.39, 0.29) is 17.6 Å². The van der Waals surface area contributed by atoms with Gasteiger partial charge in [-0.2, -0.15) is 0 Å². The lowest BCUT2D eigenvalue weighted by Gasteiger charge is -2.28. The van der Waals surface area contributed by atoms with Crippen LogP contribution < -0.4 is 20.7 Å². The largest absolute Gasteiger partial charge is 0.490 e. The van der Waals surface area contributed by atoms with Gasteiger partial charge in [-0.05, 0) is 25.1 Å². The molecular weight excluding hydrogens is 392 g/mol. The van der Waals surface area contributed by atoms with E-state index in [0.29, 0.717) is 45.3 Å². The number of likely N-dealkylation sites (N-methyl/N-ethyl adjacent to an activating group) is 1. The summed E-state index contributed by atoms with van der Waals surface area (Å²) in [5, 5.41) is 16.6. The van der Waals surface area contributed by atoms with Gasteiger partial charge in [-0.3, -0.25) is 4.79 Å². The van der Waals surface area contributed by atoms with Crippen LogP contribution in [0.5, 0.6) is 5.75 Å². The van der Waals surface area contributed by atoms with Gasteiger partial charge in [0.15, 0.2) is 0 Å². The van der Waals surface area contributed by atoms with E-state index < -0.39 is 0 Å². The molecule has 0 unspecified atom stereocenters. The fourth-order valence-electron chi connectivity index (χ4n) is 3.23. The number of aromatic nitrogens is 2. The zero-order chi connectivity index (χ0) is 20.5. The monoisotopic (exact) mass is 412 g/mol. The molecule has 4 N–H and O–H groups in total. The predicted molar refractivity (Wildman–Crippen MR) is 112 cm³/mol.